The van der Waals surface area contributed by atoms with Crippen LogP contribution in [0.4, 0.5) is 0 Å². The summed E-state index contributed by atoms with van der Waals surface area (Å²) in [5.41, 5.74) is 2.64. The standard InChI is InChI=1S/C21H17N3O2/c25-21(16-11-17-6-3-4-10-23(17)12-16)24-13-18(14-24)26-20-9-8-15-5-1-2-7-19(15)22-20/h1-12,18H,13-14H2. The van der Waals surface area contributed by atoms with Gasteiger partial charge in [0.15, 0.2) is 0 Å². The van der Waals surface area contributed by atoms with Crippen LogP contribution in [0.15, 0.2) is 73.1 Å². The zero-order chi connectivity index (χ0) is 17.5. The first-order valence-electron chi connectivity index (χ1n) is 8.65. The van der Waals surface area contributed by atoms with Gasteiger partial charge in [-0.05, 0) is 30.3 Å². The Balaban J connectivity index is 1.25. The van der Waals surface area contributed by atoms with E-state index >= 15 is 0 Å². The van der Waals surface area contributed by atoms with Crippen LogP contribution in [0, 0.1) is 0 Å². The highest BCUT2D eigenvalue weighted by molar-refractivity contribution is 5.96. The summed E-state index contributed by atoms with van der Waals surface area (Å²) in [6, 6.07) is 19.7. The summed E-state index contributed by atoms with van der Waals surface area (Å²) in [7, 11) is 0. The minimum absolute atomic E-state index is 0.00959. The van der Waals surface area contributed by atoms with Crippen molar-refractivity contribution in [2.24, 2.45) is 0 Å². The van der Waals surface area contributed by atoms with Crippen LogP contribution in [0.3, 0.4) is 0 Å². The summed E-state index contributed by atoms with van der Waals surface area (Å²) in [5, 5.41) is 1.09. The van der Waals surface area contributed by atoms with Gasteiger partial charge in [-0.3, -0.25) is 4.79 Å². The van der Waals surface area contributed by atoms with Crippen LogP contribution in [0.2, 0.25) is 0 Å². The Bertz CT molecular complexity index is 1080. The lowest BCUT2D eigenvalue weighted by Crippen LogP contribution is -2.56. The molecule has 0 unspecified atom stereocenters. The Morgan fingerprint density at radius 3 is 2.77 bits per heavy atom. The van der Waals surface area contributed by atoms with E-state index in [0.29, 0.717) is 24.5 Å². The van der Waals surface area contributed by atoms with Crippen LogP contribution in [0.5, 0.6) is 5.88 Å². The van der Waals surface area contributed by atoms with Crippen molar-refractivity contribution in [2.45, 2.75) is 6.10 Å². The molecule has 0 bridgehead atoms. The van der Waals surface area contributed by atoms with Gasteiger partial charge in [0.25, 0.3) is 5.91 Å². The number of hydrogen-bond donors (Lipinski definition) is 0. The molecule has 1 fully saturated rings. The molecule has 1 saturated heterocycles. The maximum atomic E-state index is 12.6. The van der Waals surface area contributed by atoms with E-state index in [2.05, 4.69) is 4.98 Å². The van der Waals surface area contributed by atoms with Crippen LogP contribution in [-0.4, -0.2) is 39.4 Å². The molecule has 0 aliphatic carbocycles. The van der Waals surface area contributed by atoms with E-state index in [9.17, 15) is 4.79 Å². The zero-order valence-corrected chi connectivity index (χ0v) is 14.1. The van der Waals surface area contributed by atoms with Gasteiger partial charge in [-0.1, -0.05) is 24.3 Å². The number of aromatic nitrogens is 2. The molecule has 3 aromatic heterocycles. The van der Waals surface area contributed by atoms with Crippen molar-refractivity contribution in [3.63, 3.8) is 0 Å². The van der Waals surface area contributed by atoms with E-state index in [1.165, 1.54) is 0 Å². The number of carbonyl (C=O) groups is 1. The first-order valence-corrected chi connectivity index (χ1v) is 8.65. The topological polar surface area (TPSA) is 46.8 Å². The van der Waals surface area contributed by atoms with Gasteiger partial charge in [-0.2, -0.15) is 0 Å². The average molecular weight is 343 g/mol. The van der Waals surface area contributed by atoms with Crippen molar-refractivity contribution in [2.75, 3.05) is 13.1 Å². The fourth-order valence-corrected chi connectivity index (χ4v) is 3.32. The second-order valence-electron chi connectivity index (χ2n) is 6.55. The molecule has 0 saturated carbocycles. The smallest absolute Gasteiger partial charge is 0.255 e. The largest absolute Gasteiger partial charge is 0.471 e. The number of nitrogens with zero attached hydrogens (tertiary/aromatic N) is 3. The van der Waals surface area contributed by atoms with Crippen molar-refractivity contribution in [3.05, 3.63) is 78.6 Å². The first-order chi connectivity index (χ1) is 12.8. The van der Waals surface area contributed by atoms with E-state index in [4.69, 9.17) is 4.74 Å². The normalized spacial score (nSPS) is 14.5. The fourth-order valence-electron chi connectivity index (χ4n) is 3.32. The molecule has 5 heteroatoms. The lowest BCUT2D eigenvalue weighted by atomic mass is 10.1. The van der Waals surface area contributed by atoms with Gasteiger partial charge in [-0.15, -0.1) is 0 Å². The van der Waals surface area contributed by atoms with E-state index < -0.39 is 0 Å². The van der Waals surface area contributed by atoms with Crippen LogP contribution >= 0.6 is 0 Å². The lowest BCUT2D eigenvalue weighted by molar-refractivity contribution is 0.0161. The van der Waals surface area contributed by atoms with Gasteiger partial charge in [-0.25, -0.2) is 4.98 Å². The number of ether oxygens (including phenoxy) is 1. The first kappa shape index (κ1) is 15.0. The summed E-state index contributed by atoms with van der Waals surface area (Å²) in [6.07, 6.45) is 3.81. The third kappa shape index (κ3) is 2.58. The van der Waals surface area contributed by atoms with Gasteiger partial charge in [0.2, 0.25) is 5.88 Å². The highest BCUT2D eigenvalue weighted by Gasteiger charge is 2.33. The third-order valence-corrected chi connectivity index (χ3v) is 4.75. The molecule has 26 heavy (non-hydrogen) atoms. The van der Waals surface area contributed by atoms with E-state index in [1.807, 2.05) is 77.5 Å². The van der Waals surface area contributed by atoms with Crippen LogP contribution < -0.4 is 4.74 Å². The Morgan fingerprint density at radius 1 is 1.04 bits per heavy atom. The molecule has 128 valence electrons. The Kier molecular flexibility index (Phi) is 3.38. The van der Waals surface area contributed by atoms with Gasteiger partial charge < -0.3 is 14.0 Å². The quantitative estimate of drug-likeness (QED) is 0.573. The average Bonchev–Trinajstić information content (AvgIpc) is 3.08. The summed E-state index contributed by atoms with van der Waals surface area (Å²) in [4.78, 5) is 18.9. The molecular weight excluding hydrogens is 326 g/mol. The maximum absolute atomic E-state index is 12.6. The van der Waals surface area contributed by atoms with Crippen LogP contribution in [0.25, 0.3) is 16.4 Å². The number of likely N-dealkylation sites (tertiary alicyclic amines) is 1. The van der Waals surface area contributed by atoms with Crippen molar-refractivity contribution >= 4 is 22.3 Å². The molecule has 0 spiro atoms. The van der Waals surface area contributed by atoms with Crippen molar-refractivity contribution < 1.29 is 9.53 Å². The van der Waals surface area contributed by atoms with Crippen molar-refractivity contribution in [1.29, 1.82) is 0 Å². The van der Waals surface area contributed by atoms with E-state index in [1.54, 1.807) is 4.90 Å². The number of rotatable bonds is 3. The Morgan fingerprint density at radius 2 is 1.88 bits per heavy atom. The number of fused-ring (bicyclic) bond motifs is 2. The Labute approximate surface area is 150 Å². The molecule has 0 radical (unpaired) electrons. The van der Waals surface area contributed by atoms with Crippen LogP contribution in [-0.2, 0) is 0 Å². The predicted octanol–water partition coefficient (Wildman–Crippen LogP) is 3.39. The van der Waals surface area contributed by atoms with Gasteiger partial charge >= 0.3 is 0 Å². The molecule has 1 aliphatic rings. The predicted molar refractivity (Wildman–Crippen MR) is 99.5 cm³/mol. The van der Waals surface area contributed by atoms with Gasteiger partial charge in [0.1, 0.15) is 6.10 Å². The fraction of sp³-hybridized carbons (Fsp3) is 0.143. The zero-order valence-electron chi connectivity index (χ0n) is 14.1. The summed E-state index contributed by atoms with van der Waals surface area (Å²) in [6.45, 7) is 1.17. The number of para-hydroxylation sites is 1. The van der Waals surface area contributed by atoms with Gasteiger partial charge in [0, 0.05) is 29.4 Å². The van der Waals surface area contributed by atoms with Crippen molar-refractivity contribution in [1.82, 2.24) is 14.3 Å². The summed E-state index contributed by atoms with van der Waals surface area (Å²) in [5.74, 6) is 0.649. The number of pyridine rings is 2. The van der Waals surface area contributed by atoms with Crippen molar-refractivity contribution in [3.8, 4) is 5.88 Å². The minimum atomic E-state index is -0.00959. The molecule has 0 N–H and O–H groups in total. The second kappa shape index (κ2) is 5.88. The summed E-state index contributed by atoms with van der Waals surface area (Å²) >= 11 is 0. The number of carbonyl (C=O) groups excluding carboxylic acids is 1. The molecule has 5 rings (SSSR count). The minimum Gasteiger partial charge on any atom is -0.471 e. The molecule has 1 aromatic carbocycles. The second-order valence-corrected chi connectivity index (χ2v) is 6.55. The summed E-state index contributed by atoms with van der Waals surface area (Å²) < 4.78 is 7.88. The number of benzene rings is 1. The third-order valence-electron chi connectivity index (χ3n) is 4.75. The molecule has 4 aromatic rings. The Hall–Kier alpha value is -3.34. The molecule has 1 aliphatic heterocycles. The number of hydrogen-bond acceptors (Lipinski definition) is 3. The van der Waals surface area contributed by atoms with E-state index in [0.717, 1.165) is 16.4 Å². The number of amides is 1. The maximum Gasteiger partial charge on any atom is 0.255 e. The monoisotopic (exact) mass is 343 g/mol. The SMILES string of the molecule is O=C(c1cc2ccccn2c1)N1CC(Oc2ccc3ccccc3n2)C1. The molecule has 5 nitrogen and oxygen atoms in total. The molecular formula is C21H17N3O2. The molecule has 4 heterocycles. The molecule has 0 atom stereocenters. The highest BCUT2D eigenvalue weighted by atomic mass is 16.5. The highest BCUT2D eigenvalue weighted by Crippen LogP contribution is 2.22. The van der Waals surface area contributed by atoms with E-state index in [-0.39, 0.29) is 12.0 Å². The molecule has 1 amide bonds. The van der Waals surface area contributed by atoms with Gasteiger partial charge in [0.05, 0.1) is 24.2 Å². The van der Waals surface area contributed by atoms with Crippen LogP contribution in [0.1, 0.15) is 10.4 Å². The lowest BCUT2D eigenvalue weighted by Gasteiger charge is -2.38.